The number of hydrogen-bond acceptors (Lipinski definition) is 27. The second kappa shape index (κ2) is 26.6. The molecule has 86 heavy (non-hydrogen) atoms. The molecule has 0 amide bonds. The summed E-state index contributed by atoms with van der Waals surface area (Å²) in [5.74, 6) is -0.656. The smallest absolute Gasteiger partial charge is 0.187 e. The molecule has 34 atom stereocenters. The second-order valence-electron chi connectivity index (χ2n) is 28.1. The zero-order valence-electron chi connectivity index (χ0n) is 50.5. The lowest BCUT2D eigenvalue weighted by Crippen LogP contribution is -2.68. The van der Waals surface area contributed by atoms with Crippen molar-refractivity contribution in [2.24, 2.45) is 45.3 Å². The Morgan fingerprint density at radius 1 is 0.512 bits per heavy atom. The molecule has 0 unspecified atom stereocenters. The minimum Gasteiger partial charge on any atom is -0.394 e. The van der Waals surface area contributed by atoms with E-state index in [2.05, 4.69) is 40.7 Å². The molecule has 27 nitrogen and oxygen atoms in total. The van der Waals surface area contributed by atoms with Crippen LogP contribution in [0.15, 0.2) is 11.6 Å². The Morgan fingerprint density at radius 3 is 1.59 bits per heavy atom. The van der Waals surface area contributed by atoms with Crippen molar-refractivity contribution in [1.29, 1.82) is 0 Å². The van der Waals surface area contributed by atoms with Gasteiger partial charge in [0.15, 0.2) is 31.5 Å². The van der Waals surface area contributed by atoms with Crippen LogP contribution >= 0.6 is 0 Å². The van der Waals surface area contributed by atoms with Gasteiger partial charge in [-0.25, -0.2) is 0 Å². The van der Waals surface area contributed by atoms with Crippen LogP contribution in [0.3, 0.4) is 0 Å². The summed E-state index contributed by atoms with van der Waals surface area (Å²) in [7, 11) is 0. The summed E-state index contributed by atoms with van der Waals surface area (Å²) in [5.41, 5.74) is -1.87. The van der Waals surface area contributed by atoms with Gasteiger partial charge in [-0.15, -0.1) is 0 Å². The van der Waals surface area contributed by atoms with E-state index in [4.69, 9.17) is 47.4 Å². The quantitative estimate of drug-likeness (QED) is 0.0463. The van der Waals surface area contributed by atoms with Crippen molar-refractivity contribution in [3.05, 3.63) is 11.6 Å². The molecule has 9 rings (SSSR count). The summed E-state index contributed by atoms with van der Waals surface area (Å²) in [4.78, 5) is 0. The molecule has 498 valence electrons. The Bertz CT molecular complexity index is 2260. The molecule has 5 aliphatic heterocycles. The van der Waals surface area contributed by atoms with E-state index in [1.807, 2.05) is 20.8 Å². The van der Waals surface area contributed by atoms with Crippen LogP contribution in [-0.4, -0.2) is 285 Å². The summed E-state index contributed by atoms with van der Waals surface area (Å²) >= 11 is 0. The molecule has 9 fully saturated rings. The fourth-order valence-electron chi connectivity index (χ4n) is 17.4. The number of aliphatic hydroxyl groups is 17. The van der Waals surface area contributed by atoms with Gasteiger partial charge in [0.25, 0.3) is 0 Å². The van der Waals surface area contributed by atoms with E-state index in [0.717, 1.165) is 24.8 Å². The first-order valence-corrected chi connectivity index (χ1v) is 30.8. The number of hydrogen-bond donors (Lipinski definition) is 17. The van der Waals surface area contributed by atoms with Crippen molar-refractivity contribution < 1.29 is 134 Å². The Kier molecular flexibility index (Phi) is 21.3. The van der Waals surface area contributed by atoms with Crippen molar-refractivity contribution in [2.45, 2.75) is 278 Å². The fourth-order valence-corrected chi connectivity index (χ4v) is 17.4. The van der Waals surface area contributed by atoms with Crippen LogP contribution in [0.4, 0.5) is 0 Å². The zero-order chi connectivity index (χ0) is 63.1. The Hall–Kier alpha value is -1.34. The van der Waals surface area contributed by atoms with Gasteiger partial charge in [-0.05, 0) is 124 Å². The van der Waals surface area contributed by atoms with Crippen molar-refractivity contribution in [3.8, 4) is 0 Å². The van der Waals surface area contributed by atoms with E-state index in [0.29, 0.717) is 38.5 Å². The molecule has 9 aliphatic rings. The monoisotopic (exact) mass is 1240 g/mol. The van der Waals surface area contributed by atoms with Crippen LogP contribution < -0.4 is 0 Å². The first-order valence-electron chi connectivity index (χ1n) is 30.8. The van der Waals surface area contributed by atoms with Crippen LogP contribution in [0, 0.1) is 45.3 Å². The predicted molar refractivity (Wildman–Crippen MR) is 293 cm³/mol. The Labute approximate surface area is 501 Å². The zero-order valence-corrected chi connectivity index (χ0v) is 50.5. The number of rotatable bonds is 18. The highest BCUT2D eigenvalue weighted by molar-refractivity contribution is 5.21. The molecular formula is C59H100O27. The maximum atomic E-state index is 12.9. The number of fused-ring (bicyclic) bond motifs is 5. The molecule has 0 bridgehead atoms. The molecule has 5 heterocycles. The van der Waals surface area contributed by atoms with Gasteiger partial charge in [0, 0.05) is 0 Å². The lowest BCUT2D eigenvalue weighted by atomic mass is 9.35. The molecule has 17 N–H and O–H groups in total. The normalized spacial score (nSPS) is 52.9. The molecule has 0 aromatic heterocycles. The summed E-state index contributed by atoms with van der Waals surface area (Å²) in [6.07, 6.45) is -33.5. The molecule has 27 heteroatoms. The van der Waals surface area contributed by atoms with Gasteiger partial charge >= 0.3 is 0 Å². The molecule has 4 saturated carbocycles. The first-order chi connectivity index (χ1) is 40.3. The van der Waals surface area contributed by atoms with Gasteiger partial charge in [0.1, 0.15) is 116 Å². The second-order valence-corrected chi connectivity index (χ2v) is 28.1. The van der Waals surface area contributed by atoms with Gasteiger partial charge in [-0.3, -0.25) is 0 Å². The maximum absolute atomic E-state index is 12.9. The highest BCUT2D eigenvalue weighted by atomic mass is 16.8. The van der Waals surface area contributed by atoms with Gasteiger partial charge in [0.05, 0.1) is 50.8 Å². The van der Waals surface area contributed by atoms with Crippen LogP contribution in [0.5, 0.6) is 0 Å². The van der Waals surface area contributed by atoms with Gasteiger partial charge in [-0.1, -0.05) is 46.3 Å². The fraction of sp³-hybridized carbons (Fsp3) is 0.966. The predicted octanol–water partition coefficient (Wildman–Crippen LogP) is -3.74. The maximum Gasteiger partial charge on any atom is 0.187 e. The van der Waals surface area contributed by atoms with Crippen molar-refractivity contribution in [2.75, 3.05) is 33.0 Å². The van der Waals surface area contributed by atoms with Crippen LogP contribution in [0.2, 0.25) is 0 Å². The number of ether oxygens (including phenoxy) is 10. The van der Waals surface area contributed by atoms with Crippen molar-refractivity contribution in [3.63, 3.8) is 0 Å². The Morgan fingerprint density at radius 2 is 1.01 bits per heavy atom. The van der Waals surface area contributed by atoms with E-state index in [9.17, 15) is 86.8 Å². The molecule has 5 saturated heterocycles. The third kappa shape index (κ3) is 12.3. The summed E-state index contributed by atoms with van der Waals surface area (Å²) < 4.78 is 61.1. The van der Waals surface area contributed by atoms with Crippen LogP contribution in [0.25, 0.3) is 0 Å². The average molecular weight is 1240 g/mol. The van der Waals surface area contributed by atoms with Crippen LogP contribution in [0.1, 0.15) is 113 Å². The molecule has 0 radical (unpaired) electrons. The van der Waals surface area contributed by atoms with E-state index in [1.165, 1.54) is 0 Å². The largest absolute Gasteiger partial charge is 0.394 e. The van der Waals surface area contributed by atoms with Crippen LogP contribution in [-0.2, 0) is 47.4 Å². The lowest BCUT2D eigenvalue weighted by molar-refractivity contribution is -0.395. The number of allylic oxidation sites excluding steroid dienone is 2. The SMILES string of the molecule is CC(C)=CCC[C@@](C)(O[C@H]1O[C@@H](CO[C@H]2O[C@@H](CO)[C@H](O)[C@@H](O)[C@@H]2O)[C@H](O)[C@@H](O)[C@@H]1O)[C@@H]1CC[C@@]2(C)[C@H]1[C@@H](O)C[C@H]1[C@]3(C)CC[C@@H](O[C@H]4O[C@@H](CO)[C@H](O)[C@@H](O)[C@@H]4O[C@H]4O[C@@H](CO)[C@H](O)[C@@H](O)[C@@H]4O[C@H]4OC[C@H](O)[C@@H](O)[C@@H]4O)C(C)(C)[C@H]3CC[C@@]12C. The van der Waals surface area contributed by atoms with Gasteiger partial charge in [-0.2, -0.15) is 0 Å². The first kappa shape index (κ1) is 69.0. The standard InChI is InChI=1S/C59H100O27/c1-24(2)10-9-14-59(8,86-52-47(76)42(71)40(69)31(82-52)23-78-50-46(75)41(70)37(66)28(19-60)79-50)25-11-16-58(7)35(25)26(63)18-33-56(5)15-13-34(55(3,4)32(56)12-17-57(33,58)6)83-53-48(43(72)38(67)29(20-61)80-53)85-54-49(44(73)39(68)30(21-62)81-54)84-51-45(74)36(65)27(64)22-77-51/h10,25-54,60-76H,9,11-23H2,1-8H3/t25-,26+,27+,28+,29+,30+,31+,32-,33+,34-,35-,36-,37+,38+,39+,40+,41-,42-,43-,44-,45+,46+,47+,48+,49+,50+,51-,52-,53-,54-,56-,57+,58+,59-/m1/s1. The molecule has 4 aliphatic carbocycles. The number of aliphatic hydroxyl groups excluding tert-OH is 17. The summed E-state index contributed by atoms with van der Waals surface area (Å²) in [5, 5.41) is 185. The minimum absolute atomic E-state index is 0.0122. The highest BCUT2D eigenvalue weighted by Crippen LogP contribution is 2.76. The lowest BCUT2D eigenvalue weighted by Gasteiger charge is -2.71. The van der Waals surface area contributed by atoms with Gasteiger partial charge < -0.3 is 134 Å². The van der Waals surface area contributed by atoms with E-state index in [1.54, 1.807) is 0 Å². The molecule has 0 aromatic carbocycles. The Balaban J connectivity index is 0.933. The summed E-state index contributed by atoms with van der Waals surface area (Å²) in [6, 6.07) is 0. The van der Waals surface area contributed by atoms with Crippen molar-refractivity contribution in [1.82, 2.24) is 0 Å². The van der Waals surface area contributed by atoms with E-state index in [-0.39, 0.29) is 34.5 Å². The van der Waals surface area contributed by atoms with E-state index >= 15 is 0 Å². The third-order valence-corrected chi connectivity index (χ3v) is 22.6. The topological polar surface area (TPSA) is 436 Å². The third-order valence-electron chi connectivity index (χ3n) is 22.6. The average Bonchev–Trinajstić information content (AvgIpc) is 1.26. The molecule has 0 aromatic rings. The highest BCUT2D eigenvalue weighted by Gasteiger charge is 2.72. The van der Waals surface area contributed by atoms with Crippen molar-refractivity contribution >= 4 is 0 Å². The minimum atomic E-state index is -1.89. The summed E-state index contributed by atoms with van der Waals surface area (Å²) in [6.45, 7) is 13.8. The van der Waals surface area contributed by atoms with E-state index < -0.39 is 209 Å². The van der Waals surface area contributed by atoms with Gasteiger partial charge in [0.2, 0.25) is 0 Å². The molecular weight excluding hydrogens is 1140 g/mol. The molecule has 0 spiro atoms.